The normalized spacial score (nSPS) is 10.7. The first kappa shape index (κ1) is 13.1. The van der Waals surface area contributed by atoms with Gasteiger partial charge in [-0.05, 0) is 13.0 Å². The van der Waals surface area contributed by atoms with Gasteiger partial charge in [-0.15, -0.1) is 0 Å². The fourth-order valence-electron chi connectivity index (χ4n) is 2.07. The lowest BCUT2D eigenvalue weighted by Gasteiger charge is -2.04. The molecule has 0 aliphatic carbocycles. The van der Waals surface area contributed by atoms with Crippen LogP contribution in [0, 0.1) is 12.7 Å². The van der Waals surface area contributed by atoms with Crippen LogP contribution in [0.15, 0.2) is 12.1 Å². The Kier molecular flexibility index (Phi) is 3.01. The van der Waals surface area contributed by atoms with Crippen LogP contribution in [-0.4, -0.2) is 21.6 Å². The van der Waals surface area contributed by atoms with Crippen LogP contribution < -0.4 is 4.74 Å². The van der Waals surface area contributed by atoms with Crippen LogP contribution in [0.3, 0.4) is 0 Å². The Labute approximate surface area is 108 Å². The Morgan fingerprint density at radius 1 is 1.37 bits per heavy atom. The summed E-state index contributed by atoms with van der Waals surface area (Å²) in [5.74, 6) is -2.75. The van der Waals surface area contributed by atoms with E-state index in [0.29, 0.717) is 16.6 Å². The van der Waals surface area contributed by atoms with Gasteiger partial charge in [0.25, 0.3) is 0 Å². The van der Waals surface area contributed by atoms with E-state index in [1.807, 2.05) is 0 Å². The Morgan fingerprint density at radius 2 is 2.00 bits per heavy atom. The standard InChI is InChI=1S/C13H12FNO4/c1-6-12(13(17)18)8-4-11(19-7(2)16)9(14)5-10(8)15(6)3/h4-5H,1-3H3,(H,17,18). The first-order valence-electron chi connectivity index (χ1n) is 5.53. The smallest absolute Gasteiger partial charge is 0.338 e. The molecule has 0 aliphatic heterocycles. The minimum absolute atomic E-state index is 0.0749. The number of halogens is 1. The van der Waals surface area contributed by atoms with Crippen molar-refractivity contribution >= 4 is 22.8 Å². The fourth-order valence-corrected chi connectivity index (χ4v) is 2.07. The molecule has 0 amide bonds. The van der Waals surface area contributed by atoms with Crippen molar-refractivity contribution in [3.05, 3.63) is 29.2 Å². The fraction of sp³-hybridized carbons (Fsp3) is 0.231. The van der Waals surface area contributed by atoms with Gasteiger partial charge in [-0.1, -0.05) is 0 Å². The van der Waals surface area contributed by atoms with Gasteiger partial charge >= 0.3 is 11.9 Å². The monoisotopic (exact) mass is 265 g/mol. The summed E-state index contributed by atoms with van der Waals surface area (Å²) in [4.78, 5) is 22.1. The minimum Gasteiger partial charge on any atom is -0.478 e. The number of nitrogens with zero attached hydrogens (tertiary/aromatic N) is 1. The Balaban J connectivity index is 2.80. The lowest BCUT2D eigenvalue weighted by Crippen LogP contribution is -2.03. The highest BCUT2D eigenvalue weighted by Gasteiger charge is 2.20. The van der Waals surface area contributed by atoms with Gasteiger partial charge in [0.1, 0.15) is 0 Å². The Morgan fingerprint density at radius 3 is 2.53 bits per heavy atom. The molecule has 2 rings (SSSR count). The number of carboxylic acid groups (broad SMARTS) is 1. The third-order valence-corrected chi connectivity index (χ3v) is 3.01. The highest BCUT2D eigenvalue weighted by atomic mass is 19.1. The SMILES string of the molecule is CC(=O)Oc1cc2c(C(=O)O)c(C)n(C)c2cc1F. The summed E-state index contributed by atoms with van der Waals surface area (Å²) in [5.41, 5.74) is 1.01. The van der Waals surface area contributed by atoms with Crippen molar-refractivity contribution in [1.82, 2.24) is 4.57 Å². The van der Waals surface area contributed by atoms with Gasteiger partial charge in [0, 0.05) is 31.1 Å². The summed E-state index contributed by atoms with van der Waals surface area (Å²) >= 11 is 0. The molecule has 0 fully saturated rings. The summed E-state index contributed by atoms with van der Waals surface area (Å²) in [6.07, 6.45) is 0. The number of carbonyl (C=O) groups excluding carboxylic acids is 1. The molecule has 0 aliphatic rings. The number of ether oxygens (including phenoxy) is 1. The van der Waals surface area contributed by atoms with Crippen LogP contribution in [0.4, 0.5) is 4.39 Å². The molecule has 0 unspecified atom stereocenters. The summed E-state index contributed by atoms with van der Waals surface area (Å²) in [7, 11) is 1.65. The van der Waals surface area contributed by atoms with Crippen molar-refractivity contribution in [2.75, 3.05) is 0 Å². The average molecular weight is 265 g/mol. The number of aryl methyl sites for hydroxylation is 1. The second-order valence-electron chi connectivity index (χ2n) is 4.22. The van der Waals surface area contributed by atoms with Crippen LogP contribution in [0.5, 0.6) is 5.75 Å². The number of hydrogen-bond acceptors (Lipinski definition) is 3. The summed E-state index contributed by atoms with van der Waals surface area (Å²) in [6.45, 7) is 2.78. The predicted octanol–water partition coefficient (Wildman–Crippen LogP) is 2.25. The number of aromatic carboxylic acids is 1. The van der Waals surface area contributed by atoms with Crippen molar-refractivity contribution in [2.45, 2.75) is 13.8 Å². The van der Waals surface area contributed by atoms with E-state index in [0.717, 1.165) is 13.0 Å². The number of carboxylic acids is 1. The molecule has 19 heavy (non-hydrogen) atoms. The number of carbonyl (C=O) groups is 2. The topological polar surface area (TPSA) is 68.5 Å². The van der Waals surface area contributed by atoms with Gasteiger partial charge in [0.2, 0.25) is 0 Å². The van der Waals surface area contributed by atoms with E-state index in [2.05, 4.69) is 0 Å². The highest BCUT2D eigenvalue weighted by molar-refractivity contribution is 6.05. The second kappa shape index (κ2) is 4.38. The van der Waals surface area contributed by atoms with E-state index in [-0.39, 0.29) is 11.3 Å². The molecule has 0 saturated carbocycles. The maximum atomic E-state index is 13.8. The summed E-state index contributed by atoms with van der Waals surface area (Å²) in [6, 6.07) is 2.40. The zero-order valence-electron chi connectivity index (χ0n) is 10.7. The number of hydrogen-bond donors (Lipinski definition) is 1. The molecule has 6 heteroatoms. The van der Waals surface area contributed by atoms with Crippen LogP contribution in [0.25, 0.3) is 10.9 Å². The number of aromatic nitrogens is 1. The second-order valence-corrected chi connectivity index (χ2v) is 4.22. The minimum atomic E-state index is -1.11. The highest BCUT2D eigenvalue weighted by Crippen LogP contribution is 2.31. The molecular formula is C13H12FNO4. The van der Waals surface area contributed by atoms with E-state index >= 15 is 0 Å². The van der Waals surface area contributed by atoms with Gasteiger partial charge < -0.3 is 14.4 Å². The molecule has 1 N–H and O–H groups in total. The molecule has 1 heterocycles. The molecule has 2 aromatic rings. The molecule has 5 nitrogen and oxygen atoms in total. The first-order valence-corrected chi connectivity index (χ1v) is 5.53. The third-order valence-electron chi connectivity index (χ3n) is 3.01. The number of esters is 1. The maximum absolute atomic E-state index is 13.8. The van der Waals surface area contributed by atoms with Crippen molar-refractivity contribution < 1.29 is 23.8 Å². The molecule has 0 saturated heterocycles. The Bertz CT molecular complexity index is 702. The van der Waals surface area contributed by atoms with Crippen LogP contribution >= 0.6 is 0 Å². The first-order chi connectivity index (χ1) is 8.82. The average Bonchev–Trinajstić information content (AvgIpc) is 2.52. The molecule has 0 spiro atoms. The van der Waals surface area contributed by atoms with Crippen molar-refractivity contribution in [3.63, 3.8) is 0 Å². The zero-order chi connectivity index (χ0) is 14.3. The van der Waals surface area contributed by atoms with E-state index in [1.54, 1.807) is 18.5 Å². The van der Waals surface area contributed by atoms with Gasteiger partial charge in [-0.3, -0.25) is 4.79 Å². The summed E-state index contributed by atoms with van der Waals surface area (Å²) < 4.78 is 20.1. The van der Waals surface area contributed by atoms with E-state index in [9.17, 15) is 19.1 Å². The zero-order valence-corrected chi connectivity index (χ0v) is 10.7. The lowest BCUT2D eigenvalue weighted by molar-refractivity contribution is -0.132. The predicted molar refractivity (Wildman–Crippen MR) is 65.9 cm³/mol. The van der Waals surface area contributed by atoms with E-state index < -0.39 is 17.8 Å². The van der Waals surface area contributed by atoms with Gasteiger partial charge in [0.15, 0.2) is 11.6 Å². The lowest BCUT2D eigenvalue weighted by atomic mass is 10.1. The molecule has 0 atom stereocenters. The van der Waals surface area contributed by atoms with Crippen LogP contribution in [0.1, 0.15) is 23.0 Å². The van der Waals surface area contributed by atoms with Gasteiger partial charge in [0.05, 0.1) is 11.1 Å². The quantitative estimate of drug-likeness (QED) is 0.668. The van der Waals surface area contributed by atoms with Gasteiger partial charge in [-0.25, -0.2) is 9.18 Å². The van der Waals surface area contributed by atoms with Crippen LogP contribution in [-0.2, 0) is 11.8 Å². The van der Waals surface area contributed by atoms with Crippen LogP contribution in [0.2, 0.25) is 0 Å². The van der Waals surface area contributed by atoms with Crippen molar-refractivity contribution in [1.29, 1.82) is 0 Å². The number of fused-ring (bicyclic) bond motifs is 1. The molecule has 1 aromatic carbocycles. The molecule has 0 bridgehead atoms. The molecular weight excluding hydrogens is 253 g/mol. The number of rotatable bonds is 2. The van der Waals surface area contributed by atoms with Gasteiger partial charge in [-0.2, -0.15) is 0 Å². The van der Waals surface area contributed by atoms with Crippen molar-refractivity contribution in [3.8, 4) is 5.75 Å². The molecule has 100 valence electrons. The Hall–Kier alpha value is -2.37. The third kappa shape index (κ3) is 2.05. The maximum Gasteiger partial charge on any atom is 0.338 e. The summed E-state index contributed by atoms with van der Waals surface area (Å²) in [5, 5.41) is 9.54. The van der Waals surface area contributed by atoms with E-state index in [4.69, 9.17) is 4.74 Å². The number of benzene rings is 1. The molecule has 1 aromatic heterocycles. The largest absolute Gasteiger partial charge is 0.478 e. The van der Waals surface area contributed by atoms with E-state index in [1.165, 1.54) is 6.07 Å². The molecule has 0 radical (unpaired) electrons. The van der Waals surface area contributed by atoms with Crippen molar-refractivity contribution in [2.24, 2.45) is 7.05 Å².